The van der Waals surface area contributed by atoms with Crippen molar-refractivity contribution in [2.75, 3.05) is 6.54 Å². The summed E-state index contributed by atoms with van der Waals surface area (Å²) in [5, 5.41) is 2.45. The predicted octanol–water partition coefficient (Wildman–Crippen LogP) is 4.80. The number of hydrogen-bond donors (Lipinski definition) is 1. The molecular weight excluding hydrogens is 352 g/mol. The summed E-state index contributed by atoms with van der Waals surface area (Å²) >= 11 is 11.4. The molecule has 0 bridgehead atoms. The average Bonchev–Trinajstić information content (AvgIpc) is 2.58. The molecule has 0 unspecified atom stereocenters. The molecule has 0 atom stereocenters. The monoisotopic (exact) mass is 365 g/mol. The molecule has 0 fully saturated rings. The maximum Gasteiger partial charge on any atom is 0.407 e. The first-order valence-electron chi connectivity index (χ1n) is 7.14. The minimum Gasteiger partial charge on any atom is -0.445 e. The molecule has 1 N–H and O–H groups in total. The summed E-state index contributed by atoms with van der Waals surface area (Å²) in [6, 6.07) is 12.2. The zero-order valence-electron chi connectivity index (χ0n) is 12.6. The Kier molecular flexibility index (Phi) is 6.92. The lowest BCUT2D eigenvalue weighted by Crippen LogP contribution is -2.24. The number of benzene rings is 2. The number of amides is 1. The molecule has 2 aromatic rings. The number of hydrogen-bond acceptors (Lipinski definition) is 2. The molecule has 1 amide bonds. The summed E-state index contributed by atoms with van der Waals surface area (Å²) in [5.74, 6) is 4.99. The summed E-state index contributed by atoms with van der Waals surface area (Å²) in [4.78, 5) is 11.5. The molecule has 0 aromatic heterocycles. The molecule has 0 spiro atoms. The molecule has 0 aliphatic heterocycles. The van der Waals surface area contributed by atoms with Gasteiger partial charge in [-0.2, -0.15) is 0 Å². The Balaban J connectivity index is 1.72. The third kappa shape index (κ3) is 5.77. The van der Waals surface area contributed by atoms with Gasteiger partial charge in [-0.25, -0.2) is 9.18 Å². The predicted molar refractivity (Wildman–Crippen MR) is 92.5 cm³/mol. The number of alkyl carbamates (subject to hydrolysis) is 1. The number of nitrogens with one attached hydrogen (secondary N) is 1. The van der Waals surface area contributed by atoms with Crippen molar-refractivity contribution in [1.29, 1.82) is 0 Å². The van der Waals surface area contributed by atoms with Crippen molar-refractivity contribution in [1.82, 2.24) is 5.32 Å². The summed E-state index contributed by atoms with van der Waals surface area (Å²) < 4.78 is 18.3. The van der Waals surface area contributed by atoms with Crippen molar-refractivity contribution in [3.05, 3.63) is 69.5 Å². The summed E-state index contributed by atoms with van der Waals surface area (Å²) in [6.45, 7) is 0.550. The van der Waals surface area contributed by atoms with Crippen LogP contribution in [0.15, 0.2) is 42.5 Å². The molecule has 0 saturated carbocycles. The molecular formula is C18H14Cl2FNO2. The van der Waals surface area contributed by atoms with Gasteiger partial charge in [0.2, 0.25) is 0 Å². The largest absolute Gasteiger partial charge is 0.445 e. The molecule has 0 heterocycles. The third-order valence-corrected chi connectivity index (χ3v) is 3.50. The van der Waals surface area contributed by atoms with Crippen molar-refractivity contribution < 1.29 is 13.9 Å². The first kappa shape index (κ1) is 18.1. The number of carbonyl (C=O) groups excluding carboxylic acids is 1. The number of rotatable bonds is 4. The van der Waals surface area contributed by atoms with E-state index in [1.54, 1.807) is 0 Å². The van der Waals surface area contributed by atoms with Crippen LogP contribution in [0.2, 0.25) is 10.0 Å². The quantitative estimate of drug-likeness (QED) is 0.480. The second-order valence-electron chi connectivity index (χ2n) is 4.79. The topological polar surface area (TPSA) is 38.3 Å². The lowest BCUT2D eigenvalue weighted by atomic mass is 10.2. The van der Waals surface area contributed by atoms with Crippen LogP contribution >= 0.6 is 23.2 Å². The highest BCUT2D eigenvalue weighted by Crippen LogP contribution is 2.24. The molecule has 2 aromatic carbocycles. The second kappa shape index (κ2) is 9.17. The van der Waals surface area contributed by atoms with Crippen molar-refractivity contribution in [2.24, 2.45) is 0 Å². The van der Waals surface area contributed by atoms with Crippen LogP contribution in [0.4, 0.5) is 9.18 Å². The number of ether oxygens (including phenoxy) is 1. The van der Waals surface area contributed by atoms with Gasteiger partial charge in [0.05, 0.1) is 10.0 Å². The van der Waals surface area contributed by atoms with Gasteiger partial charge in [0.25, 0.3) is 0 Å². The van der Waals surface area contributed by atoms with E-state index in [0.717, 1.165) is 5.56 Å². The Hall–Kier alpha value is -2.22. The highest BCUT2D eigenvalue weighted by atomic mass is 35.5. The number of carbonyl (C=O) groups is 1. The van der Waals surface area contributed by atoms with Gasteiger partial charge in [-0.15, -0.1) is 0 Å². The summed E-state index contributed by atoms with van der Waals surface area (Å²) in [5.41, 5.74) is 1.43. The van der Waals surface area contributed by atoms with E-state index in [2.05, 4.69) is 17.2 Å². The molecule has 3 nitrogen and oxygen atoms in total. The third-order valence-electron chi connectivity index (χ3n) is 2.95. The van der Waals surface area contributed by atoms with Crippen molar-refractivity contribution in [2.45, 2.75) is 13.0 Å². The van der Waals surface area contributed by atoms with Gasteiger partial charge in [-0.3, -0.25) is 0 Å². The second-order valence-corrected chi connectivity index (χ2v) is 5.61. The molecule has 124 valence electrons. The highest BCUT2D eigenvalue weighted by Gasteiger charge is 2.06. The van der Waals surface area contributed by atoms with Crippen LogP contribution in [0, 0.1) is 17.7 Å². The Bertz CT molecular complexity index is 747. The van der Waals surface area contributed by atoms with E-state index in [9.17, 15) is 9.18 Å². The zero-order chi connectivity index (χ0) is 17.4. The van der Waals surface area contributed by atoms with Crippen LogP contribution < -0.4 is 5.32 Å². The maximum absolute atomic E-state index is 13.3. The van der Waals surface area contributed by atoms with Crippen molar-refractivity contribution >= 4 is 29.3 Å². The van der Waals surface area contributed by atoms with E-state index < -0.39 is 11.9 Å². The van der Waals surface area contributed by atoms with Gasteiger partial charge in [0.1, 0.15) is 6.61 Å². The molecule has 0 radical (unpaired) electrons. The molecule has 2 rings (SSSR count). The van der Waals surface area contributed by atoms with E-state index >= 15 is 0 Å². The minimum absolute atomic E-state index is 0.0746. The average molecular weight is 366 g/mol. The van der Waals surface area contributed by atoms with Crippen LogP contribution in [0.25, 0.3) is 0 Å². The van der Waals surface area contributed by atoms with Crippen LogP contribution in [0.5, 0.6) is 0 Å². The Labute approximate surface area is 149 Å². The van der Waals surface area contributed by atoms with Gasteiger partial charge in [-0.05, 0) is 17.7 Å². The lowest BCUT2D eigenvalue weighted by Gasteiger charge is -2.05. The minimum atomic E-state index is -0.660. The fourth-order valence-electron chi connectivity index (χ4n) is 1.79. The van der Waals surface area contributed by atoms with Crippen LogP contribution in [0.3, 0.4) is 0 Å². The van der Waals surface area contributed by atoms with E-state index in [4.69, 9.17) is 27.9 Å². The summed E-state index contributed by atoms with van der Waals surface area (Å²) in [6.07, 6.45) is -0.0962. The highest BCUT2D eigenvalue weighted by molar-refractivity contribution is 6.35. The SMILES string of the molecule is O=C(NCCC#Cc1cc(Cl)c(F)c(Cl)c1)OCc1ccccc1. The van der Waals surface area contributed by atoms with Gasteiger partial charge in [-0.1, -0.05) is 65.4 Å². The van der Waals surface area contributed by atoms with Gasteiger partial charge < -0.3 is 10.1 Å². The molecule has 0 aliphatic carbocycles. The smallest absolute Gasteiger partial charge is 0.407 e. The van der Waals surface area contributed by atoms with Gasteiger partial charge in [0.15, 0.2) is 5.82 Å². The first-order chi connectivity index (χ1) is 11.6. The standard InChI is InChI=1S/C18H14Cl2FNO2/c19-15-10-14(11-16(20)17(15)21)8-4-5-9-22-18(23)24-12-13-6-2-1-3-7-13/h1-3,6-7,10-11H,5,9,12H2,(H,22,23). The Morgan fingerprint density at radius 2 is 1.83 bits per heavy atom. The van der Waals surface area contributed by atoms with Gasteiger partial charge >= 0.3 is 6.09 Å². The van der Waals surface area contributed by atoms with E-state index in [1.807, 2.05) is 30.3 Å². The van der Waals surface area contributed by atoms with Crippen LogP contribution in [-0.2, 0) is 11.3 Å². The first-order valence-corrected chi connectivity index (χ1v) is 7.90. The zero-order valence-corrected chi connectivity index (χ0v) is 14.1. The molecule has 24 heavy (non-hydrogen) atoms. The van der Waals surface area contributed by atoms with E-state index in [0.29, 0.717) is 18.5 Å². The van der Waals surface area contributed by atoms with Gasteiger partial charge in [0, 0.05) is 18.5 Å². The van der Waals surface area contributed by atoms with Crippen LogP contribution in [0.1, 0.15) is 17.5 Å². The van der Waals surface area contributed by atoms with Crippen molar-refractivity contribution in [3.63, 3.8) is 0 Å². The maximum atomic E-state index is 13.3. The van der Waals surface area contributed by atoms with Crippen molar-refractivity contribution in [3.8, 4) is 11.8 Å². The van der Waals surface area contributed by atoms with E-state index in [1.165, 1.54) is 12.1 Å². The van der Waals surface area contributed by atoms with E-state index in [-0.39, 0.29) is 16.7 Å². The molecule has 0 saturated heterocycles. The lowest BCUT2D eigenvalue weighted by molar-refractivity contribution is 0.140. The molecule has 0 aliphatic rings. The Morgan fingerprint density at radius 1 is 1.17 bits per heavy atom. The fourth-order valence-corrected chi connectivity index (χ4v) is 2.28. The normalized spacial score (nSPS) is 9.79. The number of halogens is 3. The summed E-state index contributed by atoms with van der Waals surface area (Å²) in [7, 11) is 0. The molecule has 6 heteroatoms. The Morgan fingerprint density at radius 3 is 2.50 bits per heavy atom. The fraction of sp³-hybridized carbons (Fsp3) is 0.167. The van der Waals surface area contributed by atoms with Crippen LogP contribution in [-0.4, -0.2) is 12.6 Å².